The van der Waals surface area contributed by atoms with Gasteiger partial charge in [-0.1, -0.05) is 19.9 Å². The molecule has 13 heavy (non-hydrogen) atoms. The quantitative estimate of drug-likeness (QED) is 0.479. The molecule has 0 saturated heterocycles. The van der Waals surface area contributed by atoms with Crippen LogP contribution in [0.2, 0.25) is 0 Å². The van der Waals surface area contributed by atoms with Crippen LogP contribution in [0.3, 0.4) is 0 Å². The number of rotatable bonds is 8. The summed E-state index contributed by atoms with van der Waals surface area (Å²) in [4.78, 5) is 0. The Hall–Kier alpha value is 0.0500. The second-order valence-electron chi connectivity index (χ2n) is 3.78. The first-order valence-corrected chi connectivity index (χ1v) is 6.41. The van der Waals surface area contributed by atoms with Crippen molar-refractivity contribution in [2.75, 3.05) is 25.1 Å². The maximum absolute atomic E-state index is 3.92. The van der Waals surface area contributed by atoms with Crippen molar-refractivity contribution in [1.82, 2.24) is 5.32 Å². The van der Waals surface area contributed by atoms with Crippen LogP contribution in [0.5, 0.6) is 0 Å². The molecule has 0 bridgehead atoms. The second kappa shape index (κ2) is 7.45. The monoisotopic (exact) mass is 201 g/mol. The van der Waals surface area contributed by atoms with Crippen LogP contribution >= 0.6 is 11.8 Å². The van der Waals surface area contributed by atoms with Crippen LogP contribution in [0.25, 0.3) is 0 Å². The highest BCUT2D eigenvalue weighted by molar-refractivity contribution is 7.98. The highest BCUT2D eigenvalue weighted by Crippen LogP contribution is 2.23. The normalized spacial score (nSPS) is 15.3. The largest absolute Gasteiger partial charge is 0.316 e. The minimum absolute atomic E-state index is 0.276. The fraction of sp³-hybridized carbons (Fsp3) is 0.818. The number of nitrogens with one attached hydrogen (secondary N) is 1. The fourth-order valence-electron chi connectivity index (χ4n) is 1.15. The van der Waals surface area contributed by atoms with Crippen LogP contribution in [-0.4, -0.2) is 25.1 Å². The molecule has 78 valence electrons. The molecule has 0 saturated carbocycles. The van der Waals surface area contributed by atoms with Gasteiger partial charge in [-0.2, -0.15) is 11.8 Å². The topological polar surface area (TPSA) is 12.0 Å². The van der Waals surface area contributed by atoms with E-state index in [0.29, 0.717) is 0 Å². The van der Waals surface area contributed by atoms with Crippen LogP contribution in [0.4, 0.5) is 0 Å². The van der Waals surface area contributed by atoms with E-state index in [1.165, 1.54) is 18.6 Å². The van der Waals surface area contributed by atoms with Crippen molar-refractivity contribution in [3.05, 3.63) is 12.7 Å². The van der Waals surface area contributed by atoms with Crippen molar-refractivity contribution in [2.45, 2.75) is 26.7 Å². The average Bonchev–Trinajstić information content (AvgIpc) is 2.15. The van der Waals surface area contributed by atoms with Gasteiger partial charge < -0.3 is 5.32 Å². The molecule has 0 aromatic carbocycles. The fourth-order valence-corrected chi connectivity index (χ4v) is 1.82. The molecule has 1 unspecified atom stereocenters. The zero-order valence-electron chi connectivity index (χ0n) is 9.23. The molecule has 0 aliphatic heterocycles. The van der Waals surface area contributed by atoms with Crippen molar-refractivity contribution < 1.29 is 0 Å². The molecule has 1 atom stereocenters. The Labute approximate surface area is 87.4 Å². The van der Waals surface area contributed by atoms with Gasteiger partial charge in [0.05, 0.1) is 0 Å². The Morgan fingerprint density at radius 1 is 1.54 bits per heavy atom. The number of thioether (sulfide) groups is 1. The van der Waals surface area contributed by atoms with Crippen LogP contribution < -0.4 is 5.32 Å². The summed E-state index contributed by atoms with van der Waals surface area (Å²) < 4.78 is 0. The third-order valence-corrected chi connectivity index (χ3v) is 2.94. The van der Waals surface area contributed by atoms with E-state index in [-0.39, 0.29) is 5.41 Å². The van der Waals surface area contributed by atoms with Crippen LogP contribution in [0, 0.1) is 5.41 Å². The molecule has 0 rings (SSSR count). The molecule has 0 aliphatic rings. The lowest BCUT2D eigenvalue weighted by Crippen LogP contribution is -2.31. The van der Waals surface area contributed by atoms with E-state index in [1.54, 1.807) is 0 Å². The number of hydrogen-bond donors (Lipinski definition) is 1. The molecule has 0 radical (unpaired) electrons. The van der Waals surface area contributed by atoms with Crippen molar-refractivity contribution in [2.24, 2.45) is 5.41 Å². The summed E-state index contributed by atoms with van der Waals surface area (Å²) in [5.41, 5.74) is 0.276. The number of hydrogen-bond acceptors (Lipinski definition) is 2. The predicted molar refractivity (Wildman–Crippen MR) is 64.5 cm³/mol. The van der Waals surface area contributed by atoms with Gasteiger partial charge in [0.2, 0.25) is 0 Å². The standard InChI is InChI=1S/C11H23NS/c1-5-8-12-10-11(3,6-2)7-9-13-4/h6,12H,2,5,7-10H2,1,3-4H3. The predicted octanol–water partition coefficient (Wildman–Crippen LogP) is 2.93. The molecule has 1 N–H and O–H groups in total. The summed E-state index contributed by atoms with van der Waals surface area (Å²) in [5.74, 6) is 1.22. The smallest absolute Gasteiger partial charge is 0.00400 e. The summed E-state index contributed by atoms with van der Waals surface area (Å²) >= 11 is 1.91. The van der Waals surface area contributed by atoms with Gasteiger partial charge in [0, 0.05) is 6.54 Å². The first kappa shape index (κ1) is 13.1. The van der Waals surface area contributed by atoms with Crippen molar-refractivity contribution >= 4 is 11.8 Å². The van der Waals surface area contributed by atoms with E-state index < -0.39 is 0 Å². The zero-order chi connectivity index (χ0) is 10.2. The van der Waals surface area contributed by atoms with E-state index >= 15 is 0 Å². The SMILES string of the molecule is C=CC(C)(CCSC)CNCCC. The zero-order valence-corrected chi connectivity index (χ0v) is 10.0. The molecule has 0 spiro atoms. The molecule has 1 nitrogen and oxygen atoms in total. The van der Waals surface area contributed by atoms with Crippen molar-refractivity contribution in [1.29, 1.82) is 0 Å². The summed E-state index contributed by atoms with van der Waals surface area (Å²) in [6.45, 7) is 10.6. The van der Waals surface area contributed by atoms with Crippen molar-refractivity contribution in [3.8, 4) is 0 Å². The Morgan fingerprint density at radius 2 is 2.23 bits per heavy atom. The third-order valence-electron chi connectivity index (χ3n) is 2.33. The molecule has 0 heterocycles. The Morgan fingerprint density at radius 3 is 2.69 bits per heavy atom. The van der Waals surface area contributed by atoms with Gasteiger partial charge in [0.25, 0.3) is 0 Å². The lowest BCUT2D eigenvalue weighted by Gasteiger charge is -2.25. The molecule has 0 aliphatic carbocycles. The van der Waals surface area contributed by atoms with E-state index in [2.05, 4.69) is 38.1 Å². The highest BCUT2D eigenvalue weighted by Gasteiger charge is 2.18. The van der Waals surface area contributed by atoms with Gasteiger partial charge in [-0.25, -0.2) is 0 Å². The first-order chi connectivity index (χ1) is 6.18. The Kier molecular flexibility index (Phi) is 7.48. The van der Waals surface area contributed by atoms with Crippen LogP contribution in [0.15, 0.2) is 12.7 Å². The van der Waals surface area contributed by atoms with Gasteiger partial charge in [0.15, 0.2) is 0 Å². The minimum atomic E-state index is 0.276. The summed E-state index contributed by atoms with van der Waals surface area (Å²) in [7, 11) is 0. The van der Waals surface area contributed by atoms with E-state index in [4.69, 9.17) is 0 Å². The van der Waals surface area contributed by atoms with Gasteiger partial charge in [-0.3, -0.25) is 0 Å². The maximum Gasteiger partial charge on any atom is 0.00400 e. The maximum atomic E-state index is 3.92. The molecule has 0 amide bonds. The van der Waals surface area contributed by atoms with E-state index in [0.717, 1.165) is 13.1 Å². The minimum Gasteiger partial charge on any atom is -0.316 e. The molecule has 0 aromatic heterocycles. The summed E-state index contributed by atoms with van der Waals surface area (Å²) in [6.07, 6.45) is 6.67. The Bertz CT molecular complexity index is 136. The third kappa shape index (κ3) is 6.17. The van der Waals surface area contributed by atoms with Gasteiger partial charge in [0.1, 0.15) is 0 Å². The van der Waals surface area contributed by atoms with E-state index in [1.807, 2.05) is 11.8 Å². The lowest BCUT2D eigenvalue weighted by molar-refractivity contribution is 0.384. The molecular weight excluding hydrogens is 178 g/mol. The highest BCUT2D eigenvalue weighted by atomic mass is 32.2. The lowest BCUT2D eigenvalue weighted by atomic mass is 9.88. The van der Waals surface area contributed by atoms with E-state index in [9.17, 15) is 0 Å². The molecule has 2 heteroatoms. The molecular formula is C11H23NS. The summed E-state index contributed by atoms with van der Waals surface area (Å²) in [5, 5.41) is 3.45. The van der Waals surface area contributed by atoms with Crippen LogP contribution in [0.1, 0.15) is 26.7 Å². The first-order valence-electron chi connectivity index (χ1n) is 5.02. The van der Waals surface area contributed by atoms with Crippen molar-refractivity contribution in [3.63, 3.8) is 0 Å². The van der Waals surface area contributed by atoms with Gasteiger partial charge >= 0.3 is 0 Å². The summed E-state index contributed by atoms with van der Waals surface area (Å²) in [6, 6.07) is 0. The molecule has 0 aromatic rings. The second-order valence-corrected chi connectivity index (χ2v) is 4.76. The van der Waals surface area contributed by atoms with Gasteiger partial charge in [-0.15, -0.1) is 6.58 Å². The average molecular weight is 201 g/mol. The van der Waals surface area contributed by atoms with Gasteiger partial charge in [-0.05, 0) is 36.8 Å². The Balaban J connectivity index is 3.74. The molecule has 0 fully saturated rings. The van der Waals surface area contributed by atoms with Crippen LogP contribution in [-0.2, 0) is 0 Å².